The first-order chi connectivity index (χ1) is 13.7. The van der Waals surface area contributed by atoms with Crippen LogP contribution in [0.15, 0.2) is 60.2 Å². The molecular formula is C20H19F3N2O3S. The summed E-state index contributed by atoms with van der Waals surface area (Å²) in [5.41, 5.74) is -3.84. The minimum Gasteiger partial charge on any atom is -0.335 e. The van der Waals surface area contributed by atoms with Gasteiger partial charge in [-0.05, 0) is 36.1 Å². The molecule has 3 rings (SSSR count). The summed E-state index contributed by atoms with van der Waals surface area (Å²) < 4.78 is 62.6. The first kappa shape index (κ1) is 20.9. The Labute approximate surface area is 166 Å². The zero-order valence-electron chi connectivity index (χ0n) is 15.3. The van der Waals surface area contributed by atoms with Gasteiger partial charge in [0.1, 0.15) is 0 Å². The SMILES string of the molecule is O=C1/C(=C/c2ccccc2)CCCN1Cc1ccccc1NS(=O)(=O)C(F)(F)F. The Balaban J connectivity index is 1.82. The van der Waals surface area contributed by atoms with E-state index in [0.29, 0.717) is 25.0 Å². The van der Waals surface area contributed by atoms with Gasteiger partial charge in [-0.2, -0.15) is 21.6 Å². The van der Waals surface area contributed by atoms with Gasteiger partial charge in [-0.1, -0.05) is 48.5 Å². The molecule has 5 nitrogen and oxygen atoms in total. The molecule has 0 bridgehead atoms. The first-order valence-electron chi connectivity index (χ1n) is 8.89. The highest BCUT2D eigenvalue weighted by Gasteiger charge is 2.46. The lowest BCUT2D eigenvalue weighted by Crippen LogP contribution is -2.37. The Morgan fingerprint density at radius 2 is 1.69 bits per heavy atom. The number of nitrogens with one attached hydrogen (secondary N) is 1. The molecule has 154 valence electrons. The molecule has 0 aromatic heterocycles. The van der Waals surface area contributed by atoms with Gasteiger partial charge in [0.15, 0.2) is 0 Å². The zero-order chi connectivity index (χ0) is 21.1. The van der Waals surface area contributed by atoms with E-state index in [2.05, 4.69) is 0 Å². The summed E-state index contributed by atoms with van der Waals surface area (Å²) in [7, 11) is -5.54. The number of benzene rings is 2. The average Bonchev–Trinajstić information content (AvgIpc) is 2.66. The molecule has 1 fully saturated rings. The van der Waals surface area contributed by atoms with Gasteiger partial charge in [0, 0.05) is 18.7 Å². The standard InChI is InChI=1S/C20H19F3N2O3S/c21-20(22,23)29(27,28)24-18-11-5-4-9-17(18)14-25-12-6-10-16(19(25)26)13-15-7-2-1-3-8-15/h1-5,7-9,11,13,24H,6,10,12,14H2/b16-13+. The van der Waals surface area contributed by atoms with Crippen LogP contribution in [0.3, 0.4) is 0 Å². The highest BCUT2D eigenvalue weighted by molar-refractivity contribution is 7.93. The highest BCUT2D eigenvalue weighted by Crippen LogP contribution is 2.29. The number of amides is 1. The minimum absolute atomic E-state index is 0.00150. The normalized spacial score (nSPS) is 16.9. The summed E-state index contributed by atoms with van der Waals surface area (Å²) in [4.78, 5) is 14.3. The van der Waals surface area contributed by atoms with Gasteiger partial charge >= 0.3 is 15.5 Å². The van der Waals surface area contributed by atoms with E-state index in [1.807, 2.05) is 30.3 Å². The van der Waals surface area contributed by atoms with Gasteiger partial charge in [-0.3, -0.25) is 9.52 Å². The molecule has 9 heteroatoms. The average molecular weight is 424 g/mol. The number of carbonyl (C=O) groups excluding carboxylic acids is 1. The summed E-state index contributed by atoms with van der Waals surface area (Å²) >= 11 is 0. The topological polar surface area (TPSA) is 66.5 Å². The Hall–Kier alpha value is -2.81. The monoisotopic (exact) mass is 424 g/mol. The van der Waals surface area contributed by atoms with Crippen LogP contribution in [-0.2, 0) is 21.4 Å². The number of halogens is 3. The van der Waals surface area contributed by atoms with Crippen LogP contribution in [0.2, 0.25) is 0 Å². The fraction of sp³-hybridized carbons (Fsp3) is 0.250. The van der Waals surface area contributed by atoms with Crippen molar-refractivity contribution < 1.29 is 26.4 Å². The van der Waals surface area contributed by atoms with Gasteiger partial charge in [0.05, 0.1) is 5.69 Å². The second-order valence-electron chi connectivity index (χ2n) is 6.62. The molecule has 0 saturated carbocycles. The lowest BCUT2D eigenvalue weighted by molar-refractivity contribution is -0.129. The molecule has 1 saturated heterocycles. The van der Waals surface area contributed by atoms with E-state index in [1.54, 1.807) is 16.9 Å². The van der Waals surface area contributed by atoms with E-state index >= 15 is 0 Å². The van der Waals surface area contributed by atoms with Gasteiger partial charge in [0.2, 0.25) is 5.91 Å². The molecule has 1 aliphatic rings. The van der Waals surface area contributed by atoms with Crippen molar-refractivity contribution in [1.29, 1.82) is 0 Å². The predicted molar refractivity (Wildman–Crippen MR) is 104 cm³/mol. The van der Waals surface area contributed by atoms with Crippen LogP contribution in [0.4, 0.5) is 18.9 Å². The van der Waals surface area contributed by atoms with Crippen molar-refractivity contribution in [1.82, 2.24) is 4.90 Å². The zero-order valence-corrected chi connectivity index (χ0v) is 16.1. The number of sulfonamides is 1. The fourth-order valence-electron chi connectivity index (χ4n) is 3.07. The summed E-state index contributed by atoms with van der Waals surface area (Å²) in [6.45, 7) is 0.437. The molecule has 0 unspecified atom stereocenters. The smallest absolute Gasteiger partial charge is 0.335 e. The molecule has 1 amide bonds. The molecule has 2 aromatic rings. The maximum absolute atomic E-state index is 12.8. The Bertz CT molecular complexity index is 1020. The second kappa shape index (κ2) is 8.28. The van der Waals surface area contributed by atoms with Crippen molar-refractivity contribution in [3.8, 4) is 0 Å². The van der Waals surface area contributed by atoms with Crippen LogP contribution in [-0.4, -0.2) is 31.3 Å². The van der Waals surface area contributed by atoms with E-state index in [9.17, 15) is 26.4 Å². The molecule has 2 aromatic carbocycles. The number of likely N-dealkylation sites (tertiary alicyclic amines) is 1. The molecule has 1 heterocycles. The third-order valence-corrected chi connectivity index (χ3v) is 5.60. The lowest BCUT2D eigenvalue weighted by atomic mass is 10.00. The highest BCUT2D eigenvalue weighted by atomic mass is 32.2. The molecule has 0 spiro atoms. The van der Waals surface area contributed by atoms with Crippen LogP contribution >= 0.6 is 0 Å². The summed E-state index contributed by atoms with van der Waals surface area (Å²) in [6, 6.07) is 15.1. The Kier molecular flexibility index (Phi) is 5.97. The van der Waals surface area contributed by atoms with Gasteiger partial charge < -0.3 is 4.90 Å². The quantitative estimate of drug-likeness (QED) is 0.734. The van der Waals surface area contributed by atoms with Crippen LogP contribution in [0.5, 0.6) is 0 Å². The Morgan fingerprint density at radius 1 is 1.03 bits per heavy atom. The van der Waals surface area contributed by atoms with E-state index in [4.69, 9.17) is 0 Å². The van der Waals surface area contributed by atoms with Crippen LogP contribution in [0.1, 0.15) is 24.0 Å². The van der Waals surface area contributed by atoms with E-state index in [0.717, 1.165) is 5.56 Å². The third kappa shape index (κ3) is 4.97. The van der Waals surface area contributed by atoms with Crippen molar-refractivity contribution in [2.24, 2.45) is 0 Å². The summed E-state index contributed by atoms with van der Waals surface area (Å²) in [5, 5.41) is 0. The maximum atomic E-state index is 12.8. The van der Waals surface area contributed by atoms with Crippen LogP contribution < -0.4 is 4.72 Å². The number of hydrogen-bond donors (Lipinski definition) is 1. The third-order valence-electron chi connectivity index (χ3n) is 4.50. The van der Waals surface area contributed by atoms with E-state index in [-0.39, 0.29) is 23.7 Å². The van der Waals surface area contributed by atoms with E-state index < -0.39 is 15.5 Å². The first-order valence-corrected chi connectivity index (χ1v) is 10.4. The predicted octanol–water partition coefficient (Wildman–Crippen LogP) is 4.15. The molecule has 1 aliphatic heterocycles. The summed E-state index contributed by atoms with van der Waals surface area (Å²) in [5.74, 6) is -0.214. The number of piperidine rings is 1. The van der Waals surface area contributed by atoms with Crippen LogP contribution in [0, 0.1) is 0 Å². The number of nitrogens with zero attached hydrogens (tertiary/aromatic N) is 1. The Morgan fingerprint density at radius 3 is 2.38 bits per heavy atom. The molecule has 0 aliphatic carbocycles. The number of alkyl halides is 3. The number of hydrogen-bond acceptors (Lipinski definition) is 3. The van der Waals surface area contributed by atoms with Gasteiger partial charge in [-0.15, -0.1) is 0 Å². The van der Waals surface area contributed by atoms with Crippen molar-refractivity contribution in [2.45, 2.75) is 24.9 Å². The molecular weight excluding hydrogens is 405 g/mol. The maximum Gasteiger partial charge on any atom is 0.516 e. The molecule has 0 radical (unpaired) electrons. The molecule has 29 heavy (non-hydrogen) atoms. The van der Waals surface area contributed by atoms with E-state index in [1.165, 1.54) is 23.1 Å². The number of carbonyl (C=O) groups is 1. The van der Waals surface area contributed by atoms with Crippen molar-refractivity contribution in [2.75, 3.05) is 11.3 Å². The van der Waals surface area contributed by atoms with Gasteiger partial charge in [-0.25, -0.2) is 0 Å². The minimum atomic E-state index is -5.54. The second-order valence-corrected chi connectivity index (χ2v) is 8.29. The fourth-order valence-corrected chi connectivity index (χ4v) is 3.68. The van der Waals surface area contributed by atoms with Crippen molar-refractivity contribution in [3.05, 3.63) is 71.3 Å². The number of rotatable bonds is 5. The van der Waals surface area contributed by atoms with Gasteiger partial charge in [0.25, 0.3) is 0 Å². The van der Waals surface area contributed by atoms with Crippen molar-refractivity contribution in [3.63, 3.8) is 0 Å². The summed E-state index contributed by atoms with van der Waals surface area (Å²) in [6.07, 6.45) is 3.11. The molecule has 1 N–H and O–H groups in total. The number of para-hydroxylation sites is 1. The number of anilines is 1. The van der Waals surface area contributed by atoms with Crippen LogP contribution in [0.25, 0.3) is 6.08 Å². The lowest BCUT2D eigenvalue weighted by Gasteiger charge is -2.29. The molecule has 0 atom stereocenters. The van der Waals surface area contributed by atoms with Crippen molar-refractivity contribution >= 4 is 27.7 Å². The largest absolute Gasteiger partial charge is 0.516 e.